The standard InChI is InChI=1S/C17H15ClN4O3/c1-2-24-17(23)21-16-20-13-8-3-4-9-14(13)22(16)15(19)25-12-7-5-6-11(18)10-12/h3-10,19H,2H2,1H3,(H,20,21,23). The third kappa shape index (κ3) is 3.72. The predicted molar refractivity (Wildman–Crippen MR) is 95.6 cm³/mol. The van der Waals surface area contributed by atoms with Crippen LogP contribution in [-0.2, 0) is 4.74 Å². The molecule has 2 aromatic carbocycles. The molecule has 0 aliphatic carbocycles. The number of nitrogens with zero attached hydrogens (tertiary/aromatic N) is 2. The van der Waals surface area contributed by atoms with E-state index in [1.165, 1.54) is 4.57 Å². The number of hydrogen-bond acceptors (Lipinski definition) is 5. The molecule has 0 aliphatic rings. The number of anilines is 1. The highest BCUT2D eigenvalue weighted by Crippen LogP contribution is 2.22. The molecule has 8 heteroatoms. The molecule has 0 spiro atoms. The first-order chi connectivity index (χ1) is 12.1. The van der Waals surface area contributed by atoms with E-state index in [0.29, 0.717) is 21.8 Å². The van der Waals surface area contributed by atoms with Gasteiger partial charge in [0.05, 0.1) is 17.6 Å². The number of carbonyl (C=O) groups is 1. The van der Waals surface area contributed by atoms with Crippen LogP contribution in [0.5, 0.6) is 5.75 Å². The fraction of sp³-hybridized carbons (Fsp3) is 0.118. The van der Waals surface area contributed by atoms with Gasteiger partial charge in [0.1, 0.15) is 5.75 Å². The minimum absolute atomic E-state index is 0.131. The van der Waals surface area contributed by atoms with Gasteiger partial charge in [-0.15, -0.1) is 0 Å². The lowest BCUT2D eigenvalue weighted by Crippen LogP contribution is -2.23. The van der Waals surface area contributed by atoms with Crippen molar-refractivity contribution in [2.75, 3.05) is 11.9 Å². The average molecular weight is 359 g/mol. The summed E-state index contributed by atoms with van der Waals surface area (Å²) < 4.78 is 11.8. The fourth-order valence-corrected chi connectivity index (χ4v) is 2.44. The number of para-hydroxylation sites is 2. The molecule has 2 N–H and O–H groups in total. The van der Waals surface area contributed by atoms with Gasteiger partial charge >= 0.3 is 12.1 Å². The lowest BCUT2D eigenvalue weighted by Gasteiger charge is -2.12. The first kappa shape index (κ1) is 16.8. The fourth-order valence-electron chi connectivity index (χ4n) is 2.26. The van der Waals surface area contributed by atoms with E-state index < -0.39 is 6.09 Å². The summed E-state index contributed by atoms with van der Waals surface area (Å²) >= 11 is 5.94. The highest BCUT2D eigenvalue weighted by Gasteiger charge is 2.18. The van der Waals surface area contributed by atoms with Gasteiger partial charge in [0, 0.05) is 5.02 Å². The summed E-state index contributed by atoms with van der Waals surface area (Å²) in [5.41, 5.74) is 1.22. The Balaban J connectivity index is 1.97. The second kappa shape index (κ2) is 7.23. The van der Waals surface area contributed by atoms with Crippen LogP contribution in [0.1, 0.15) is 6.92 Å². The van der Waals surface area contributed by atoms with E-state index in [0.717, 1.165) is 0 Å². The van der Waals surface area contributed by atoms with Crippen molar-refractivity contribution in [3.8, 4) is 5.75 Å². The van der Waals surface area contributed by atoms with E-state index in [2.05, 4.69) is 10.3 Å². The molecule has 0 aliphatic heterocycles. The minimum Gasteiger partial charge on any atom is -0.450 e. The molecule has 1 aromatic heterocycles. The molecule has 128 valence electrons. The van der Waals surface area contributed by atoms with Gasteiger partial charge in [-0.2, -0.15) is 0 Å². The van der Waals surface area contributed by atoms with Crippen molar-refractivity contribution in [1.29, 1.82) is 5.41 Å². The van der Waals surface area contributed by atoms with Gasteiger partial charge in [0.25, 0.3) is 0 Å². The summed E-state index contributed by atoms with van der Waals surface area (Å²) in [6.07, 6.45) is -0.658. The van der Waals surface area contributed by atoms with Gasteiger partial charge in [0.15, 0.2) is 0 Å². The monoisotopic (exact) mass is 358 g/mol. The van der Waals surface area contributed by atoms with Crippen LogP contribution in [0.2, 0.25) is 5.02 Å². The quantitative estimate of drug-likeness (QED) is 0.544. The largest absolute Gasteiger partial charge is 0.450 e. The first-order valence-electron chi connectivity index (χ1n) is 7.52. The zero-order valence-electron chi connectivity index (χ0n) is 13.3. The summed E-state index contributed by atoms with van der Waals surface area (Å²) in [5.74, 6) is 0.532. The zero-order chi connectivity index (χ0) is 17.8. The first-order valence-corrected chi connectivity index (χ1v) is 7.90. The Morgan fingerprint density at radius 1 is 1.28 bits per heavy atom. The summed E-state index contributed by atoms with van der Waals surface area (Å²) in [5, 5.41) is 11.3. The number of imidazole rings is 1. The molecule has 1 amide bonds. The summed E-state index contributed by atoms with van der Waals surface area (Å²) in [6.45, 7) is 1.93. The summed E-state index contributed by atoms with van der Waals surface area (Å²) in [7, 11) is 0. The van der Waals surface area contributed by atoms with E-state index in [9.17, 15) is 4.79 Å². The van der Waals surface area contributed by atoms with Crippen LogP contribution < -0.4 is 10.1 Å². The Kier molecular flexibility index (Phi) is 4.85. The molecule has 0 radical (unpaired) electrons. The Hall–Kier alpha value is -3.06. The third-order valence-electron chi connectivity index (χ3n) is 3.26. The highest BCUT2D eigenvalue weighted by molar-refractivity contribution is 6.30. The maximum Gasteiger partial charge on any atom is 0.413 e. The van der Waals surface area contributed by atoms with Crippen molar-refractivity contribution >= 4 is 40.7 Å². The van der Waals surface area contributed by atoms with Gasteiger partial charge in [-0.1, -0.05) is 29.8 Å². The molecule has 0 atom stereocenters. The number of ether oxygens (including phenoxy) is 2. The molecule has 1 heterocycles. The molecular formula is C17H15ClN4O3. The van der Waals surface area contributed by atoms with Crippen molar-refractivity contribution in [1.82, 2.24) is 9.55 Å². The van der Waals surface area contributed by atoms with Crippen molar-refractivity contribution in [3.05, 3.63) is 53.6 Å². The van der Waals surface area contributed by atoms with Gasteiger partial charge in [-0.3, -0.25) is 10.7 Å². The van der Waals surface area contributed by atoms with Gasteiger partial charge in [-0.25, -0.2) is 14.3 Å². The number of aromatic nitrogens is 2. The summed E-state index contributed by atoms with van der Waals surface area (Å²) in [4.78, 5) is 16.1. The van der Waals surface area contributed by atoms with E-state index in [4.69, 9.17) is 26.5 Å². The van der Waals surface area contributed by atoms with Crippen LogP contribution in [0.3, 0.4) is 0 Å². The molecule has 25 heavy (non-hydrogen) atoms. The van der Waals surface area contributed by atoms with Crippen LogP contribution in [-0.4, -0.2) is 28.3 Å². The van der Waals surface area contributed by atoms with Crippen LogP contribution in [0.25, 0.3) is 11.0 Å². The Bertz CT molecular complexity index is 939. The molecule has 0 unspecified atom stereocenters. The second-order valence-electron chi connectivity index (χ2n) is 4.97. The van der Waals surface area contributed by atoms with Crippen molar-refractivity contribution < 1.29 is 14.3 Å². The highest BCUT2D eigenvalue weighted by atomic mass is 35.5. The van der Waals surface area contributed by atoms with Gasteiger partial charge in [-0.05, 0) is 37.3 Å². The number of nitrogens with one attached hydrogen (secondary N) is 2. The zero-order valence-corrected chi connectivity index (χ0v) is 14.1. The second-order valence-corrected chi connectivity index (χ2v) is 5.41. The summed E-state index contributed by atoms with van der Waals surface area (Å²) in [6, 6.07) is 13.6. The topological polar surface area (TPSA) is 89.2 Å². The molecule has 0 bridgehead atoms. The third-order valence-corrected chi connectivity index (χ3v) is 3.50. The van der Waals surface area contributed by atoms with Crippen LogP contribution in [0, 0.1) is 5.41 Å². The SMILES string of the molecule is CCOC(=O)Nc1nc2ccccc2n1C(=N)Oc1cccc(Cl)c1. The van der Waals surface area contributed by atoms with E-state index in [1.54, 1.807) is 49.4 Å². The van der Waals surface area contributed by atoms with Gasteiger partial charge < -0.3 is 9.47 Å². The average Bonchev–Trinajstić information content (AvgIpc) is 2.92. The number of benzene rings is 2. The normalized spacial score (nSPS) is 10.5. The van der Waals surface area contributed by atoms with Crippen LogP contribution in [0.4, 0.5) is 10.7 Å². The van der Waals surface area contributed by atoms with Crippen LogP contribution in [0.15, 0.2) is 48.5 Å². The Morgan fingerprint density at radius 3 is 2.84 bits per heavy atom. The van der Waals surface area contributed by atoms with Crippen molar-refractivity contribution in [2.24, 2.45) is 0 Å². The minimum atomic E-state index is -0.658. The van der Waals surface area contributed by atoms with E-state index >= 15 is 0 Å². The number of rotatable bonds is 3. The lowest BCUT2D eigenvalue weighted by atomic mass is 10.3. The molecular weight excluding hydrogens is 344 g/mol. The molecule has 3 rings (SSSR count). The molecule has 0 saturated carbocycles. The Labute approximate surface area is 148 Å². The van der Waals surface area contributed by atoms with Crippen molar-refractivity contribution in [3.63, 3.8) is 0 Å². The smallest absolute Gasteiger partial charge is 0.413 e. The predicted octanol–water partition coefficient (Wildman–Crippen LogP) is 4.12. The maximum atomic E-state index is 11.8. The molecule has 0 fully saturated rings. The number of amides is 1. The molecule has 0 saturated heterocycles. The van der Waals surface area contributed by atoms with E-state index in [-0.39, 0.29) is 18.6 Å². The molecule has 7 nitrogen and oxygen atoms in total. The van der Waals surface area contributed by atoms with Gasteiger partial charge in [0.2, 0.25) is 5.95 Å². The lowest BCUT2D eigenvalue weighted by molar-refractivity contribution is 0.167. The maximum absolute atomic E-state index is 11.8. The number of carbonyl (C=O) groups excluding carboxylic acids is 1. The number of fused-ring (bicyclic) bond motifs is 1. The van der Waals surface area contributed by atoms with Crippen LogP contribution >= 0.6 is 11.6 Å². The van der Waals surface area contributed by atoms with Crippen molar-refractivity contribution in [2.45, 2.75) is 6.92 Å². The number of halogens is 1. The molecule has 3 aromatic rings. The Morgan fingerprint density at radius 2 is 2.08 bits per heavy atom. The number of hydrogen-bond donors (Lipinski definition) is 2. The van der Waals surface area contributed by atoms with E-state index in [1.807, 2.05) is 6.07 Å².